The largest absolute Gasteiger partial charge is 0.358 e. The standard InChI is InChI=1S/C11H8ClF2N.C11H9F2NO/c1-5-6(2)15-9-4-7(13)3-8(14)10(9)11(5)12;1-5-6(2)14-9-4-7(12)3-8(13)10(9)11(5)15/h3-4H,1-2H3;3-4H,1-2H3,(H,14,15). The summed E-state index contributed by atoms with van der Waals surface area (Å²) in [5.74, 6) is -2.84. The molecular formula is C22H17ClF4N2O. The van der Waals surface area contributed by atoms with Gasteiger partial charge in [-0.05, 0) is 39.3 Å². The smallest absolute Gasteiger partial charge is 0.195 e. The van der Waals surface area contributed by atoms with Crippen molar-refractivity contribution in [2.24, 2.45) is 0 Å². The Morgan fingerprint density at radius 1 is 0.833 bits per heavy atom. The van der Waals surface area contributed by atoms with E-state index in [9.17, 15) is 22.4 Å². The summed E-state index contributed by atoms with van der Waals surface area (Å²) >= 11 is 5.99. The second-order valence-corrected chi connectivity index (χ2v) is 7.31. The van der Waals surface area contributed by atoms with E-state index in [4.69, 9.17) is 11.6 Å². The second-order valence-electron chi connectivity index (χ2n) is 6.93. The highest BCUT2D eigenvalue weighted by molar-refractivity contribution is 6.36. The first-order chi connectivity index (χ1) is 14.0. The van der Waals surface area contributed by atoms with Crippen LogP contribution in [-0.2, 0) is 0 Å². The topological polar surface area (TPSA) is 45.8 Å². The molecule has 0 saturated heterocycles. The lowest BCUT2D eigenvalue weighted by molar-refractivity contribution is 0.590. The minimum atomic E-state index is -0.825. The second kappa shape index (κ2) is 8.07. The molecule has 0 saturated carbocycles. The molecule has 0 aliphatic heterocycles. The summed E-state index contributed by atoms with van der Waals surface area (Å²) in [5, 5.41) is 0.399. The van der Waals surface area contributed by atoms with Gasteiger partial charge in [0.05, 0.1) is 26.8 Å². The number of fused-ring (bicyclic) bond motifs is 2. The Balaban J connectivity index is 0.000000171. The molecule has 8 heteroatoms. The van der Waals surface area contributed by atoms with E-state index < -0.39 is 28.7 Å². The highest BCUT2D eigenvalue weighted by Gasteiger charge is 2.13. The molecule has 3 nitrogen and oxygen atoms in total. The molecule has 0 unspecified atom stereocenters. The molecule has 2 aromatic carbocycles. The molecular weight excluding hydrogens is 420 g/mol. The summed E-state index contributed by atoms with van der Waals surface area (Å²) in [6.07, 6.45) is 0. The number of hydrogen-bond donors (Lipinski definition) is 1. The van der Waals surface area contributed by atoms with Crippen LogP contribution in [0.2, 0.25) is 5.02 Å². The van der Waals surface area contributed by atoms with Crippen molar-refractivity contribution in [3.05, 3.63) is 85.3 Å². The quantitative estimate of drug-likeness (QED) is 0.333. The summed E-state index contributed by atoms with van der Waals surface area (Å²) in [4.78, 5) is 18.6. The summed E-state index contributed by atoms with van der Waals surface area (Å²) in [7, 11) is 0. The van der Waals surface area contributed by atoms with Gasteiger partial charge in [-0.25, -0.2) is 17.6 Å². The number of halogens is 5. The molecule has 4 rings (SSSR count). The minimum absolute atomic E-state index is 0.0838. The molecule has 156 valence electrons. The zero-order valence-electron chi connectivity index (χ0n) is 16.6. The van der Waals surface area contributed by atoms with Crippen LogP contribution in [0.4, 0.5) is 17.6 Å². The van der Waals surface area contributed by atoms with Crippen LogP contribution >= 0.6 is 11.6 Å². The minimum Gasteiger partial charge on any atom is -0.358 e. The van der Waals surface area contributed by atoms with Gasteiger partial charge >= 0.3 is 0 Å². The van der Waals surface area contributed by atoms with Gasteiger partial charge in [0.15, 0.2) is 5.43 Å². The van der Waals surface area contributed by atoms with Gasteiger partial charge in [-0.1, -0.05) is 11.6 Å². The molecule has 0 fully saturated rings. The van der Waals surface area contributed by atoms with Gasteiger partial charge in [-0.3, -0.25) is 9.78 Å². The molecule has 2 aromatic heterocycles. The van der Waals surface area contributed by atoms with E-state index in [2.05, 4.69) is 9.97 Å². The Hall–Kier alpha value is -2.93. The molecule has 4 aromatic rings. The average Bonchev–Trinajstić information content (AvgIpc) is 2.63. The van der Waals surface area contributed by atoms with Crippen molar-refractivity contribution < 1.29 is 17.6 Å². The van der Waals surface area contributed by atoms with E-state index in [1.54, 1.807) is 27.7 Å². The van der Waals surface area contributed by atoms with E-state index in [1.165, 1.54) is 6.07 Å². The average molecular weight is 437 g/mol. The van der Waals surface area contributed by atoms with Gasteiger partial charge in [0.2, 0.25) is 0 Å². The van der Waals surface area contributed by atoms with Crippen molar-refractivity contribution in [2.45, 2.75) is 27.7 Å². The van der Waals surface area contributed by atoms with Gasteiger partial charge in [0, 0.05) is 35.2 Å². The molecule has 0 atom stereocenters. The number of nitrogens with zero attached hydrogens (tertiary/aromatic N) is 1. The van der Waals surface area contributed by atoms with E-state index in [0.29, 0.717) is 28.0 Å². The number of H-pyrrole nitrogens is 1. The third-order valence-corrected chi connectivity index (χ3v) is 5.39. The highest BCUT2D eigenvalue weighted by atomic mass is 35.5. The number of rotatable bonds is 0. The molecule has 2 heterocycles. The Labute approximate surface area is 174 Å². The fraction of sp³-hybridized carbons (Fsp3) is 0.182. The third kappa shape index (κ3) is 3.89. The van der Waals surface area contributed by atoms with Gasteiger partial charge in [0.1, 0.15) is 23.3 Å². The number of aromatic nitrogens is 2. The molecule has 0 aliphatic carbocycles. The Morgan fingerprint density at radius 2 is 1.40 bits per heavy atom. The molecule has 0 aliphatic rings. The van der Waals surface area contributed by atoms with Gasteiger partial charge in [-0.2, -0.15) is 0 Å². The summed E-state index contributed by atoms with van der Waals surface area (Å²) in [6, 6.07) is 3.82. The SMILES string of the molecule is Cc1[nH]c2cc(F)cc(F)c2c(=O)c1C.Cc1nc2cc(F)cc(F)c2c(Cl)c1C. The first-order valence-electron chi connectivity index (χ1n) is 8.91. The van der Waals surface area contributed by atoms with Crippen LogP contribution in [0.3, 0.4) is 0 Å². The number of pyridine rings is 2. The number of hydrogen-bond acceptors (Lipinski definition) is 2. The number of benzene rings is 2. The lowest BCUT2D eigenvalue weighted by Gasteiger charge is -2.07. The van der Waals surface area contributed by atoms with Crippen LogP contribution < -0.4 is 5.43 Å². The van der Waals surface area contributed by atoms with Crippen molar-refractivity contribution >= 4 is 33.4 Å². The third-order valence-electron chi connectivity index (χ3n) is 4.92. The van der Waals surface area contributed by atoms with E-state index in [0.717, 1.165) is 17.7 Å². The van der Waals surface area contributed by atoms with Crippen molar-refractivity contribution in [3.63, 3.8) is 0 Å². The van der Waals surface area contributed by atoms with Crippen molar-refractivity contribution in [3.8, 4) is 0 Å². The zero-order chi connectivity index (χ0) is 22.3. The van der Waals surface area contributed by atoms with Gasteiger partial charge < -0.3 is 4.98 Å². The molecule has 0 bridgehead atoms. The maximum atomic E-state index is 13.5. The normalized spacial score (nSPS) is 11.0. The van der Waals surface area contributed by atoms with Crippen LogP contribution in [0.25, 0.3) is 21.8 Å². The van der Waals surface area contributed by atoms with Gasteiger partial charge in [-0.15, -0.1) is 0 Å². The lowest BCUT2D eigenvalue weighted by Crippen LogP contribution is -2.11. The first kappa shape index (κ1) is 21.8. The first-order valence-corrected chi connectivity index (χ1v) is 9.28. The monoisotopic (exact) mass is 436 g/mol. The molecule has 1 N–H and O–H groups in total. The number of aryl methyl sites for hydroxylation is 2. The Bertz CT molecular complexity index is 1370. The predicted octanol–water partition coefficient (Wildman–Crippen LogP) is 6.21. The molecule has 0 spiro atoms. The van der Waals surface area contributed by atoms with Crippen molar-refractivity contribution in [1.82, 2.24) is 9.97 Å². The predicted molar refractivity (Wildman–Crippen MR) is 110 cm³/mol. The highest BCUT2D eigenvalue weighted by Crippen LogP contribution is 2.30. The summed E-state index contributed by atoms with van der Waals surface area (Å²) in [6.45, 7) is 6.81. The molecule has 30 heavy (non-hydrogen) atoms. The van der Waals surface area contributed by atoms with Crippen LogP contribution in [0.1, 0.15) is 22.5 Å². The van der Waals surface area contributed by atoms with E-state index >= 15 is 0 Å². The van der Waals surface area contributed by atoms with Crippen LogP contribution in [0.5, 0.6) is 0 Å². The zero-order valence-corrected chi connectivity index (χ0v) is 17.3. The van der Waals surface area contributed by atoms with Gasteiger partial charge in [0.25, 0.3) is 0 Å². The summed E-state index contributed by atoms with van der Waals surface area (Å²) < 4.78 is 52.7. The molecule has 0 radical (unpaired) electrons. The Kier molecular flexibility index (Phi) is 5.85. The number of aromatic amines is 1. The van der Waals surface area contributed by atoms with Crippen LogP contribution in [-0.4, -0.2) is 9.97 Å². The lowest BCUT2D eigenvalue weighted by atomic mass is 10.1. The Morgan fingerprint density at radius 3 is 2.03 bits per heavy atom. The van der Waals surface area contributed by atoms with E-state index in [1.807, 2.05) is 0 Å². The molecule has 0 amide bonds. The maximum Gasteiger partial charge on any atom is 0.195 e. The summed E-state index contributed by atoms with van der Waals surface area (Å²) in [5.41, 5.74) is 2.53. The maximum absolute atomic E-state index is 13.5. The van der Waals surface area contributed by atoms with Crippen LogP contribution in [0.15, 0.2) is 29.1 Å². The van der Waals surface area contributed by atoms with Crippen molar-refractivity contribution in [2.75, 3.05) is 0 Å². The van der Waals surface area contributed by atoms with Crippen LogP contribution in [0, 0.1) is 51.0 Å². The fourth-order valence-electron chi connectivity index (χ4n) is 3.03. The van der Waals surface area contributed by atoms with Crippen molar-refractivity contribution in [1.29, 1.82) is 0 Å². The fourth-order valence-corrected chi connectivity index (χ4v) is 3.36. The number of nitrogens with one attached hydrogen (secondary N) is 1. The van der Waals surface area contributed by atoms with E-state index in [-0.39, 0.29) is 21.8 Å².